The first-order chi connectivity index (χ1) is 10.3. The Morgan fingerprint density at radius 1 is 1.29 bits per heavy atom. The quantitative estimate of drug-likeness (QED) is 0.771. The van der Waals surface area contributed by atoms with Crippen molar-refractivity contribution >= 4 is 6.08 Å². The minimum Gasteiger partial charge on any atom is -0.492 e. The fourth-order valence-electron chi connectivity index (χ4n) is 2.07. The van der Waals surface area contributed by atoms with E-state index in [0.717, 1.165) is 44.2 Å². The van der Waals surface area contributed by atoms with Crippen molar-refractivity contribution in [1.29, 1.82) is 10.5 Å². The zero-order chi connectivity index (χ0) is 14.9. The highest BCUT2D eigenvalue weighted by Gasteiger charge is 2.09. The number of rotatable bonds is 5. The second-order valence-electron chi connectivity index (χ2n) is 4.66. The molecule has 0 amide bonds. The minimum absolute atomic E-state index is 0.0838. The van der Waals surface area contributed by atoms with E-state index in [9.17, 15) is 0 Å². The molecule has 1 aliphatic heterocycles. The Labute approximate surface area is 124 Å². The monoisotopic (exact) mass is 283 g/mol. The molecule has 1 aromatic carbocycles. The average molecular weight is 283 g/mol. The van der Waals surface area contributed by atoms with Crippen LogP contribution in [-0.4, -0.2) is 44.4 Å². The van der Waals surface area contributed by atoms with Crippen molar-refractivity contribution in [2.24, 2.45) is 0 Å². The Morgan fingerprint density at radius 2 is 2.05 bits per heavy atom. The molecular formula is C16H17N3O2. The van der Waals surface area contributed by atoms with Crippen molar-refractivity contribution in [1.82, 2.24) is 4.90 Å². The third-order valence-electron chi connectivity index (χ3n) is 3.19. The fourth-order valence-corrected chi connectivity index (χ4v) is 2.07. The summed E-state index contributed by atoms with van der Waals surface area (Å²) in [6, 6.07) is 11.1. The van der Waals surface area contributed by atoms with Crippen LogP contribution >= 0.6 is 0 Å². The maximum Gasteiger partial charge on any atom is 0.130 e. The molecule has 1 aliphatic rings. The van der Waals surface area contributed by atoms with Crippen molar-refractivity contribution in [2.45, 2.75) is 0 Å². The molecule has 108 valence electrons. The van der Waals surface area contributed by atoms with Crippen LogP contribution < -0.4 is 4.74 Å². The highest BCUT2D eigenvalue weighted by atomic mass is 16.5. The van der Waals surface area contributed by atoms with Crippen LogP contribution in [0.5, 0.6) is 5.75 Å². The number of benzene rings is 1. The number of nitriles is 2. The molecule has 0 radical (unpaired) electrons. The first-order valence-electron chi connectivity index (χ1n) is 6.86. The van der Waals surface area contributed by atoms with Gasteiger partial charge in [0, 0.05) is 19.6 Å². The number of morpholine rings is 1. The van der Waals surface area contributed by atoms with Crippen molar-refractivity contribution in [3.05, 3.63) is 35.4 Å². The van der Waals surface area contributed by atoms with Crippen molar-refractivity contribution in [2.75, 3.05) is 39.5 Å². The Morgan fingerprint density at radius 3 is 2.76 bits per heavy atom. The molecule has 1 fully saturated rings. The maximum absolute atomic E-state index is 8.75. The SMILES string of the molecule is N#CC(C#N)=Cc1cccc(OCCN2CCOCC2)c1. The van der Waals surface area contributed by atoms with Gasteiger partial charge in [0.1, 0.15) is 30.1 Å². The van der Waals surface area contributed by atoms with Crippen molar-refractivity contribution < 1.29 is 9.47 Å². The van der Waals surface area contributed by atoms with Crippen LogP contribution in [0.25, 0.3) is 6.08 Å². The lowest BCUT2D eigenvalue weighted by Gasteiger charge is -2.26. The third-order valence-corrected chi connectivity index (χ3v) is 3.19. The molecule has 0 aromatic heterocycles. The number of nitrogens with zero attached hydrogens (tertiary/aromatic N) is 3. The van der Waals surface area contributed by atoms with Gasteiger partial charge in [0.2, 0.25) is 0 Å². The van der Waals surface area contributed by atoms with Gasteiger partial charge in [0.15, 0.2) is 0 Å². The topological polar surface area (TPSA) is 69.3 Å². The molecule has 0 atom stereocenters. The summed E-state index contributed by atoms with van der Waals surface area (Å²) in [4.78, 5) is 2.30. The summed E-state index contributed by atoms with van der Waals surface area (Å²) < 4.78 is 11.0. The van der Waals surface area contributed by atoms with Gasteiger partial charge in [0.25, 0.3) is 0 Å². The summed E-state index contributed by atoms with van der Waals surface area (Å²) in [5, 5.41) is 17.5. The summed E-state index contributed by atoms with van der Waals surface area (Å²) in [7, 11) is 0. The van der Waals surface area contributed by atoms with Gasteiger partial charge < -0.3 is 9.47 Å². The van der Waals surface area contributed by atoms with E-state index in [-0.39, 0.29) is 5.57 Å². The first-order valence-corrected chi connectivity index (χ1v) is 6.86. The molecule has 1 aromatic rings. The predicted octanol–water partition coefficient (Wildman–Crippen LogP) is 1.83. The summed E-state index contributed by atoms with van der Waals surface area (Å²) in [6.07, 6.45) is 1.55. The van der Waals surface area contributed by atoms with Crippen LogP contribution in [0.2, 0.25) is 0 Å². The predicted molar refractivity (Wildman–Crippen MR) is 78.4 cm³/mol. The number of ether oxygens (including phenoxy) is 2. The summed E-state index contributed by atoms with van der Waals surface area (Å²) in [6.45, 7) is 4.93. The molecular weight excluding hydrogens is 266 g/mol. The molecule has 0 bridgehead atoms. The summed E-state index contributed by atoms with van der Waals surface area (Å²) in [5.74, 6) is 0.743. The third kappa shape index (κ3) is 4.92. The smallest absolute Gasteiger partial charge is 0.130 e. The van der Waals surface area contributed by atoms with Crippen LogP contribution in [-0.2, 0) is 4.74 Å². The van der Waals surface area contributed by atoms with E-state index in [1.807, 2.05) is 36.4 Å². The Bertz CT molecular complexity index is 562. The second kappa shape index (κ2) is 8.06. The first kappa shape index (κ1) is 15.1. The van der Waals surface area contributed by atoms with Crippen LogP contribution in [0.1, 0.15) is 5.56 Å². The van der Waals surface area contributed by atoms with Gasteiger partial charge >= 0.3 is 0 Å². The van der Waals surface area contributed by atoms with Gasteiger partial charge in [-0.1, -0.05) is 12.1 Å². The van der Waals surface area contributed by atoms with Crippen LogP contribution in [0.4, 0.5) is 0 Å². The lowest BCUT2D eigenvalue weighted by atomic mass is 10.1. The normalized spacial score (nSPS) is 14.8. The molecule has 5 heteroatoms. The van der Waals surface area contributed by atoms with E-state index in [0.29, 0.717) is 6.61 Å². The van der Waals surface area contributed by atoms with E-state index in [1.165, 1.54) is 0 Å². The van der Waals surface area contributed by atoms with Gasteiger partial charge in [-0.25, -0.2) is 0 Å². The number of allylic oxidation sites excluding steroid dienone is 1. The lowest BCUT2D eigenvalue weighted by molar-refractivity contribution is 0.0322. The van der Waals surface area contributed by atoms with Gasteiger partial charge in [-0.3, -0.25) is 4.90 Å². The van der Waals surface area contributed by atoms with Gasteiger partial charge in [0.05, 0.1) is 13.2 Å². The molecule has 0 aliphatic carbocycles. The van der Waals surface area contributed by atoms with Crippen LogP contribution in [0.3, 0.4) is 0 Å². The van der Waals surface area contributed by atoms with E-state index in [4.69, 9.17) is 20.0 Å². The van der Waals surface area contributed by atoms with Crippen LogP contribution in [0.15, 0.2) is 29.8 Å². The molecule has 1 heterocycles. The zero-order valence-corrected chi connectivity index (χ0v) is 11.8. The van der Waals surface area contributed by atoms with E-state index < -0.39 is 0 Å². The Kier molecular flexibility index (Phi) is 5.78. The molecule has 0 N–H and O–H groups in total. The number of hydrogen-bond donors (Lipinski definition) is 0. The zero-order valence-electron chi connectivity index (χ0n) is 11.8. The highest BCUT2D eigenvalue weighted by molar-refractivity contribution is 5.62. The molecule has 21 heavy (non-hydrogen) atoms. The fraction of sp³-hybridized carbons (Fsp3) is 0.375. The van der Waals surface area contributed by atoms with E-state index >= 15 is 0 Å². The summed E-state index contributed by atoms with van der Waals surface area (Å²) >= 11 is 0. The molecule has 1 saturated heterocycles. The lowest BCUT2D eigenvalue weighted by Crippen LogP contribution is -2.38. The molecule has 0 saturated carbocycles. The Hall–Kier alpha value is -2.34. The molecule has 0 unspecified atom stereocenters. The van der Waals surface area contributed by atoms with Crippen molar-refractivity contribution in [3.63, 3.8) is 0 Å². The molecule has 0 spiro atoms. The van der Waals surface area contributed by atoms with Gasteiger partial charge in [-0.15, -0.1) is 0 Å². The second-order valence-corrected chi connectivity index (χ2v) is 4.66. The summed E-state index contributed by atoms with van der Waals surface area (Å²) in [5.41, 5.74) is 0.873. The largest absolute Gasteiger partial charge is 0.492 e. The van der Waals surface area contributed by atoms with E-state index in [1.54, 1.807) is 6.08 Å². The molecule has 2 rings (SSSR count). The van der Waals surface area contributed by atoms with Crippen molar-refractivity contribution in [3.8, 4) is 17.9 Å². The Balaban J connectivity index is 1.88. The van der Waals surface area contributed by atoms with Gasteiger partial charge in [-0.2, -0.15) is 10.5 Å². The number of hydrogen-bond acceptors (Lipinski definition) is 5. The standard InChI is InChI=1S/C16H17N3O2/c17-12-15(13-18)10-14-2-1-3-16(11-14)21-9-6-19-4-7-20-8-5-19/h1-3,10-11H,4-9H2. The minimum atomic E-state index is 0.0838. The average Bonchev–Trinajstić information content (AvgIpc) is 2.54. The maximum atomic E-state index is 8.75. The van der Waals surface area contributed by atoms with Gasteiger partial charge in [-0.05, 0) is 23.8 Å². The van der Waals surface area contributed by atoms with Crippen LogP contribution in [0, 0.1) is 22.7 Å². The molecule has 5 nitrogen and oxygen atoms in total. The highest BCUT2D eigenvalue weighted by Crippen LogP contribution is 2.15. The van der Waals surface area contributed by atoms with E-state index in [2.05, 4.69) is 4.90 Å².